The van der Waals surface area contributed by atoms with E-state index in [-0.39, 0.29) is 17.9 Å². The third kappa shape index (κ3) is 4.16. The monoisotopic (exact) mass is 322 g/mol. The first-order valence-corrected chi connectivity index (χ1v) is 9.21. The molecule has 2 aliphatic heterocycles. The largest absolute Gasteiger partial charge is 0.340 e. The molecular formula is C17H30N4O2. The number of likely N-dealkylation sites (tertiary alicyclic amines) is 1. The molecule has 1 saturated carbocycles. The highest BCUT2D eigenvalue weighted by atomic mass is 16.2. The predicted molar refractivity (Wildman–Crippen MR) is 89.1 cm³/mol. The Labute approximate surface area is 139 Å². The first-order chi connectivity index (χ1) is 11.1. The average molecular weight is 322 g/mol. The minimum Gasteiger partial charge on any atom is -0.340 e. The number of carbonyl (C=O) groups is 2. The van der Waals surface area contributed by atoms with E-state index >= 15 is 0 Å². The smallest absolute Gasteiger partial charge is 0.317 e. The van der Waals surface area contributed by atoms with Crippen LogP contribution in [0.1, 0.15) is 45.4 Å². The lowest BCUT2D eigenvalue weighted by atomic mass is 9.96. The summed E-state index contributed by atoms with van der Waals surface area (Å²) in [5.41, 5.74) is 0. The molecule has 6 heteroatoms. The molecule has 2 heterocycles. The second-order valence-electron chi connectivity index (χ2n) is 7.36. The highest BCUT2D eigenvalue weighted by molar-refractivity contribution is 5.81. The lowest BCUT2D eigenvalue weighted by Gasteiger charge is -2.38. The molecule has 0 bridgehead atoms. The number of hydrogen-bond acceptors (Lipinski definition) is 3. The zero-order chi connectivity index (χ0) is 16.2. The van der Waals surface area contributed by atoms with Gasteiger partial charge in [0.25, 0.3) is 0 Å². The van der Waals surface area contributed by atoms with Gasteiger partial charge >= 0.3 is 6.03 Å². The van der Waals surface area contributed by atoms with Crippen LogP contribution >= 0.6 is 0 Å². The van der Waals surface area contributed by atoms with E-state index < -0.39 is 0 Å². The third-order valence-electron chi connectivity index (χ3n) is 5.42. The lowest BCUT2D eigenvalue weighted by molar-refractivity contribution is -0.138. The summed E-state index contributed by atoms with van der Waals surface area (Å²) in [5.74, 6) is 0.208. The molecule has 0 radical (unpaired) electrons. The zero-order valence-electron chi connectivity index (χ0n) is 14.2. The van der Waals surface area contributed by atoms with Crippen molar-refractivity contribution in [1.82, 2.24) is 20.4 Å². The summed E-state index contributed by atoms with van der Waals surface area (Å²) in [7, 11) is 0. The number of piperazine rings is 1. The van der Waals surface area contributed by atoms with Gasteiger partial charge in [-0.15, -0.1) is 0 Å². The zero-order valence-corrected chi connectivity index (χ0v) is 14.2. The van der Waals surface area contributed by atoms with Gasteiger partial charge in [0.05, 0.1) is 5.92 Å². The van der Waals surface area contributed by atoms with Crippen LogP contribution < -0.4 is 10.6 Å². The molecule has 0 aromatic heterocycles. The van der Waals surface area contributed by atoms with Crippen LogP contribution in [0.25, 0.3) is 0 Å². The molecule has 2 saturated heterocycles. The van der Waals surface area contributed by atoms with Crippen LogP contribution in [0.5, 0.6) is 0 Å². The third-order valence-corrected chi connectivity index (χ3v) is 5.42. The fourth-order valence-electron chi connectivity index (χ4n) is 4.09. The van der Waals surface area contributed by atoms with Crippen molar-refractivity contribution >= 4 is 11.9 Å². The lowest BCUT2D eigenvalue weighted by Crippen LogP contribution is -2.55. The van der Waals surface area contributed by atoms with Crippen molar-refractivity contribution in [2.75, 3.05) is 32.7 Å². The molecule has 2 N–H and O–H groups in total. The summed E-state index contributed by atoms with van der Waals surface area (Å²) >= 11 is 0. The van der Waals surface area contributed by atoms with Gasteiger partial charge in [-0.05, 0) is 32.6 Å². The Morgan fingerprint density at radius 1 is 1.00 bits per heavy atom. The van der Waals surface area contributed by atoms with Crippen molar-refractivity contribution in [2.24, 2.45) is 5.92 Å². The van der Waals surface area contributed by atoms with Crippen molar-refractivity contribution in [1.29, 1.82) is 0 Å². The predicted octanol–water partition coefficient (Wildman–Crippen LogP) is 1.17. The molecule has 130 valence electrons. The molecule has 3 rings (SSSR count). The molecule has 6 nitrogen and oxygen atoms in total. The first kappa shape index (κ1) is 16.6. The molecule has 1 aliphatic carbocycles. The van der Waals surface area contributed by atoms with Crippen molar-refractivity contribution in [3.05, 3.63) is 0 Å². The van der Waals surface area contributed by atoms with Crippen LogP contribution in [0.2, 0.25) is 0 Å². The molecule has 0 aromatic carbocycles. The number of carbonyl (C=O) groups excluding carboxylic acids is 2. The molecular weight excluding hydrogens is 292 g/mol. The number of nitrogens with one attached hydrogen (secondary N) is 2. The average Bonchev–Trinajstić information content (AvgIpc) is 3.07. The molecule has 3 fully saturated rings. The summed E-state index contributed by atoms with van der Waals surface area (Å²) in [6.07, 6.45) is 6.46. The Kier molecular flexibility index (Phi) is 5.41. The van der Waals surface area contributed by atoms with E-state index in [0.717, 1.165) is 51.9 Å². The maximum atomic E-state index is 12.8. The normalized spacial score (nSPS) is 29.6. The van der Waals surface area contributed by atoms with Crippen LogP contribution in [-0.2, 0) is 4.79 Å². The Hall–Kier alpha value is -1.30. The molecule has 0 spiro atoms. The molecule has 3 aliphatic rings. The van der Waals surface area contributed by atoms with Gasteiger partial charge in [-0.1, -0.05) is 12.8 Å². The second kappa shape index (κ2) is 7.51. The highest BCUT2D eigenvalue weighted by Crippen LogP contribution is 2.21. The Bertz CT molecular complexity index is 436. The van der Waals surface area contributed by atoms with E-state index in [1.165, 1.54) is 12.8 Å². The van der Waals surface area contributed by atoms with Crippen LogP contribution in [0.4, 0.5) is 4.79 Å². The van der Waals surface area contributed by atoms with Gasteiger partial charge in [-0.25, -0.2) is 4.79 Å². The Morgan fingerprint density at radius 2 is 1.78 bits per heavy atom. The van der Waals surface area contributed by atoms with E-state index in [4.69, 9.17) is 0 Å². The standard InChI is InChI=1S/C17H30N4O2/c1-13-11-20(10-8-18-13)16(22)14-5-4-9-21(12-14)17(23)19-15-6-2-3-7-15/h13-15,18H,2-12H2,1H3,(H,19,23). The Morgan fingerprint density at radius 3 is 2.52 bits per heavy atom. The summed E-state index contributed by atoms with van der Waals surface area (Å²) < 4.78 is 0. The summed E-state index contributed by atoms with van der Waals surface area (Å²) in [6.45, 7) is 5.90. The highest BCUT2D eigenvalue weighted by Gasteiger charge is 2.33. The maximum absolute atomic E-state index is 12.8. The number of amides is 3. The number of urea groups is 1. The van der Waals surface area contributed by atoms with Crippen LogP contribution in [0, 0.1) is 5.92 Å². The molecule has 0 aromatic rings. The van der Waals surface area contributed by atoms with E-state index in [1.54, 1.807) is 0 Å². The number of rotatable bonds is 2. The van der Waals surface area contributed by atoms with Crippen LogP contribution in [0.15, 0.2) is 0 Å². The first-order valence-electron chi connectivity index (χ1n) is 9.21. The van der Waals surface area contributed by atoms with Crippen molar-refractivity contribution in [2.45, 2.75) is 57.5 Å². The number of nitrogens with zero attached hydrogens (tertiary/aromatic N) is 2. The maximum Gasteiger partial charge on any atom is 0.317 e. The van der Waals surface area contributed by atoms with Gasteiger partial charge in [0.1, 0.15) is 0 Å². The second-order valence-corrected chi connectivity index (χ2v) is 7.36. The minimum absolute atomic E-state index is 0.0246. The molecule has 23 heavy (non-hydrogen) atoms. The summed E-state index contributed by atoms with van der Waals surface area (Å²) in [5, 5.41) is 6.52. The number of piperidine rings is 1. The Balaban J connectivity index is 1.52. The van der Waals surface area contributed by atoms with Crippen molar-refractivity contribution < 1.29 is 9.59 Å². The fourth-order valence-corrected chi connectivity index (χ4v) is 4.09. The van der Waals surface area contributed by atoms with Crippen LogP contribution in [-0.4, -0.2) is 66.5 Å². The van der Waals surface area contributed by atoms with Gasteiger partial charge in [-0.3, -0.25) is 4.79 Å². The van der Waals surface area contributed by atoms with E-state index in [2.05, 4.69) is 17.6 Å². The van der Waals surface area contributed by atoms with Gasteiger partial charge < -0.3 is 20.4 Å². The molecule has 2 unspecified atom stereocenters. The van der Waals surface area contributed by atoms with Gasteiger partial charge in [0.2, 0.25) is 5.91 Å². The molecule has 3 amide bonds. The topological polar surface area (TPSA) is 64.7 Å². The number of hydrogen-bond donors (Lipinski definition) is 2. The van der Waals surface area contributed by atoms with Gasteiger partial charge in [0, 0.05) is 44.8 Å². The van der Waals surface area contributed by atoms with Crippen LogP contribution in [0.3, 0.4) is 0 Å². The van der Waals surface area contributed by atoms with E-state index in [0.29, 0.717) is 18.6 Å². The van der Waals surface area contributed by atoms with Gasteiger partial charge in [0.15, 0.2) is 0 Å². The summed E-state index contributed by atoms with van der Waals surface area (Å²) in [4.78, 5) is 29.0. The minimum atomic E-state index is -0.0246. The fraction of sp³-hybridized carbons (Fsp3) is 0.882. The SMILES string of the molecule is CC1CN(C(=O)C2CCCN(C(=O)NC3CCCC3)C2)CCN1. The molecule has 2 atom stereocenters. The van der Waals surface area contributed by atoms with Crippen molar-refractivity contribution in [3.8, 4) is 0 Å². The van der Waals surface area contributed by atoms with E-state index in [1.807, 2.05) is 9.80 Å². The van der Waals surface area contributed by atoms with Crippen molar-refractivity contribution in [3.63, 3.8) is 0 Å². The van der Waals surface area contributed by atoms with Gasteiger partial charge in [-0.2, -0.15) is 0 Å². The quantitative estimate of drug-likeness (QED) is 0.802. The summed E-state index contributed by atoms with van der Waals surface area (Å²) in [6, 6.07) is 0.730. The van der Waals surface area contributed by atoms with E-state index in [9.17, 15) is 9.59 Å².